The molecule has 1 aliphatic heterocycles. The number of para-hydroxylation sites is 1. The van der Waals surface area contributed by atoms with Crippen LogP contribution in [-0.4, -0.2) is 11.1 Å². The summed E-state index contributed by atoms with van der Waals surface area (Å²) in [5.41, 5.74) is 1.07. The minimum Gasteiger partial charge on any atom is -0.508 e. The van der Waals surface area contributed by atoms with Gasteiger partial charge in [0.25, 0.3) is 0 Å². The highest BCUT2D eigenvalue weighted by atomic mass is 16.6. The zero-order valence-electron chi connectivity index (χ0n) is 17.8. The lowest BCUT2D eigenvalue weighted by Crippen LogP contribution is -2.40. The summed E-state index contributed by atoms with van der Waals surface area (Å²) in [6, 6.07) is 17.4. The van der Waals surface area contributed by atoms with Gasteiger partial charge in [-0.25, -0.2) is 4.79 Å². The number of benzene rings is 2. The first-order valence-electron chi connectivity index (χ1n) is 11.0. The van der Waals surface area contributed by atoms with Crippen LogP contribution in [0.5, 0.6) is 5.75 Å². The second kappa shape index (κ2) is 8.55. The number of carbonyl (C=O) groups excluding carboxylic acids is 1. The number of carbonyl (C=O) groups is 1. The zero-order chi connectivity index (χ0) is 21.1. The van der Waals surface area contributed by atoms with Gasteiger partial charge in [0.15, 0.2) is 0 Å². The van der Waals surface area contributed by atoms with E-state index >= 15 is 0 Å². The van der Waals surface area contributed by atoms with E-state index in [2.05, 4.69) is 13.8 Å². The van der Waals surface area contributed by atoms with Crippen molar-refractivity contribution in [1.29, 1.82) is 0 Å². The van der Waals surface area contributed by atoms with E-state index in [1.54, 1.807) is 0 Å². The molecule has 2 aliphatic rings. The number of rotatable bonds is 6. The third kappa shape index (κ3) is 4.09. The smallest absolute Gasteiger partial charge is 0.378 e. The highest BCUT2D eigenvalue weighted by molar-refractivity contribution is 5.88. The summed E-state index contributed by atoms with van der Waals surface area (Å²) < 4.78 is 12.0. The number of ether oxygens (including phenoxy) is 2. The first-order chi connectivity index (χ1) is 14.5. The molecule has 1 saturated carbocycles. The lowest BCUT2D eigenvalue weighted by molar-refractivity contribution is -0.166. The number of aliphatic hydroxyl groups excluding tert-OH is 1. The molecule has 4 nitrogen and oxygen atoms in total. The van der Waals surface area contributed by atoms with Crippen LogP contribution in [0.25, 0.3) is 0 Å². The molecule has 0 aromatic heterocycles. The zero-order valence-corrected chi connectivity index (χ0v) is 17.8. The Morgan fingerprint density at radius 1 is 1.07 bits per heavy atom. The second-order valence-corrected chi connectivity index (χ2v) is 8.85. The Kier molecular flexibility index (Phi) is 5.85. The van der Waals surface area contributed by atoms with Crippen molar-refractivity contribution < 1.29 is 19.4 Å². The van der Waals surface area contributed by atoms with Crippen LogP contribution in [0.4, 0.5) is 0 Å². The second-order valence-electron chi connectivity index (χ2n) is 8.85. The maximum atomic E-state index is 13.1. The van der Waals surface area contributed by atoms with Gasteiger partial charge >= 0.3 is 5.97 Å². The molecule has 1 unspecified atom stereocenters. The Labute approximate surface area is 178 Å². The maximum absolute atomic E-state index is 13.1. The Balaban J connectivity index is 1.67. The van der Waals surface area contributed by atoms with Gasteiger partial charge in [-0.3, -0.25) is 0 Å². The molecule has 1 heterocycles. The van der Waals surface area contributed by atoms with Crippen molar-refractivity contribution >= 4 is 5.97 Å². The Bertz CT molecular complexity index is 925. The fourth-order valence-corrected chi connectivity index (χ4v) is 4.80. The van der Waals surface area contributed by atoms with Crippen molar-refractivity contribution in [3.63, 3.8) is 0 Å². The molecule has 0 bridgehead atoms. The molecule has 0 radical (unpaired) electrons. The fraction of sp³-hybridized carbons (Fsp3) is 0.423. The van der Waals surface area contributed by atoms with Crippen LogP contribution >= 0.6 is 0 Å². The van der Waals surface area contributed by atoms with Crippen LogP contribution in [-0.2, 0) is 15.1 Å². The molecular weight excluding hydrogens is 376 g/mol. The van der Waals surface area contributed by atoms with Crippen molar-refractivity contribution in [2.75, 3.05) is 0 Å². The number of aliphatic hydroxyl groups is 1. The minimum atomic E-state index is -0.845. The highest BCUT2D eigenvalue weighted by Crippen LogP contribution is 2.46. The van der Waals surface area contributed by atoms with Gasteiger partial charge in [-0.2, -0.15) is 0 Å². The third-order valence-electron chi connectivity index (χ3n) is 6.33. The van der Waals surface area contributed by atoms with E-state index in [0.717, 1.165) is 30.4 Å². The van der Waals surface area contributed by atoms with Gasteiger partial charge in [0, 0.05) is 0 Å². The molecule has 2 aromatic carbocycles. The largest absolute Gasteiger partial charge is 0.508 e. The summed E-state index contributed by atoms with van der Waals surface area (Å²) in [7, 11) is 0. The fourth-order valence-electron chi connectivity index (χ4n) is 4.80. The first-order valence-corrected chi connectivity index (χ1v) is 11.0. The lowest BCUT2D eigenvalue weighted by atomic mass is 9.79. The summed E-state index contributed by atoms with van der Waals surface area (Å²) in [6.45, 7) is 4.13. The van der Waals surface area contributed by atoms with Crippen LogP contribution < -0.4 is 4.74 Å². The molecule has 0 amide bonds. The molecule has 2 aromatic rings. The van der Waals surface area contributed by atoms with E-state index in [9.17, 15) is 9.90 Å². The molecule has 4 heteroatoms. The van der Waals surface area contributed by atoms with E-state index in [4.69, 9.17) is 9.47 Å². The normalized spacial score (nSPS) is 22.4. The van der Waals surface area contributed by atoms with Gasteiger partial charge in [0.2, 0.25) is 5.76 Å². The lowest BCUT2D eigenvalue weighted by Gasteiger charge is -2.39. The van der Waals surface area contributed by atoms with Crippen molar-refractivity contribution in [3.8, 4) is 5.75 Å². The predicted molar refractivity (Wildman–Crippen MR) is 116 cm³/mol. The average molecular weight is 407 g/mol. The van der Waals surface area contributed by atoms with Gasteiger partial charge < -0.3 is 14.6 Å². The Morgan fingerprint density at radius 2 is 1.73 bits per heavy atom. The van der Waals surface area contributed by atoms with Gasteiger partial charge in [-0.05, 0) is 35.4 Å². The van der Waals surface area contributed by atoms with E-state index in [1.165, 1.54) is 12.8 Å². The monoisotopic (exact) mass is 406 g/mol. The molecule has 1 atom stereocenters. The molecule has 4 rings (SSSR count). The molecule has 30 heavy (non-hydrogen) atoms. The SMILES string of the molecule is CC(C)c1ccccc1OC1=C(O)CC(CC2CCCC2)(c2ccccc2)OC1=O. The van der Waals surface area contributed by atoms with E-state index in [-0.39, 0.29) is 23.9 Å². The summed E-state index contributed by atoms with van der Waals surface area (Å²) in [6.07, 6.45) is 5.67. The standard InChI is InChI=1S/C26H30O4/c1-18(2)21-14-8-9-15-23(21)29-24-22(27)17-26(30-25(24)28,16-19-10-6-7-11-19)20-12-4-3-5-13-20/h3-5,8-9,12-15,18-19,27H,6-7,10-11,16-17H2,1-2H3. The molecule has 1 fully saturated rings. The van der Waals surface area contributed by atoms with Crippen LogP contribution in [0, 0.1) is 5.92 Å². The molecule has 0 spiro atoms. The van der Waals surface area contributed by atoms with Crippen LogP contribution in [0.1, 0.15) is 69.4 Å². The first kappa shape index (κ1) is 20.5. The third-order valence-corrected chi connectivity index (χ3v) is 6.33. The van der Waals surface area contributed by atoms with Crippen LogP contribution in [0.15, 0.2) is 66.1 Å². The van der Waals surface area contributed by atoms with Gasteiger partial charge in [-0.1, -0.05) is 88.1 Å². The summed E-state index contributed by atoms with van der Waals surface area (Å²) in [5.74, 6) is 0.574. The van der Waals surface area contributed by atoms with Crippen LogP contribution in [0.2, 0.25) is 0 Å². The van der Waals surface area contributed by atoms with Crippen molar-refractivity contribution in [2.45, 2.75) is 63.9 Å². The molecule has 1 aliphatic carbocycles. The topological polar surface area (TPSA) is 55.8 Å². The summed E-state index contributed by atoms with van der Waals surface area (Å²) in [5, 5.41) is 11.0. The molecular formula is C26H30O4. The number of cyclic esters (lactones) is 1. The quantitative estimate of drug-likeness (QED) is 0.566. The summed E-state index contributed by atoms with van der Waals surface area (Å²) >= 11 is 0. The van der Waals surface area contributed by atoms with Gasteiger partial charge in [0.1, 0.15) is 17.1 Å². The van der Waals surface area contributed by atoms with E-state index < -0.39 is 11.6 Å². The van der Waals surface area contributed by atoms with Gasteiger partial charge in [-0.15, -0.1) is 0 Å². The summed E-state index contributed by atoms with van der Waals surface area (Å²) in [4.78, 5) is 13.1. The minimum absolute atomic E-state index is 0.0355. The van der Waals surface area contributed by atoms with Gasteiger partial charge in [0.05, 0.1) is 6.42 Å². The average Bonchev–Trinajstić information content (AvgIpc) is 3.24. The molecule has 158 valence electrons. The highest BCUT2D eigenvalue weighted by Gasteiger charge is 2.46. The number of esters is 1. The molecule has 1 N–H and O–H groups in total. The van der Waals surface area contributed by atoms with Crippen molar-refractivity contribution in [2.24, 2.45) is 5.92 Å². The Morgan fingerprint density at radius 3 is 2.40 bits per heavy atom. The van der Waals surface area contributed by atoms with E-state index in [0.29, 0.717) is 11.7 Å². The maximum Gasteiger partial charge on any atom is 0.378 e. The predicted octanol–water partition coefficient (Wildman–Crippen LogP) is 6.38. The molecule has 0 saturated heterocycles. The van der Waals surface area contributed by atoms with Crippen molar-refractivity contribution in [3.05, 3.63) is 77.2 Å². The Hall–Kier alpha value is -2.75. The number of hydrogen-bond acceptors (Lipinski definition) is 4. The number of hydrogen-bond donors (Lipinski definition) is 1. The van der Waals surface area contributed by atoms with Crippen LogP contribution in [0.3, 0.4) is 0 Å². The van der Waals surface area contributed by atoms with Crippen molar-refractivity contribution in [1.82, 2.24) is 0 Å². The van der Waals surface area contributed by atoms with E-state index in [1.807, 2.05) is 54.6 Å².